The summed E-state index contributed by atoms with van der Waals surface area (Å²) < 4.78 is 1.14. The molecule has 27 heavy (non-hydrogen) atoms. The molecule has 146 valence electrons. The maximum absolute atomic E-state index is 12.5. The molecule has 0 radical (unpaired) electrons. The first-order valence-corrected chi connectivity index (χ1v) is 9.69. The van der Waals surface area contributed by atoms with Crippen LogP contribution in [0.15, 0.2) is 27.8 Å². The SMILES string of the molecule is CCn1c(=O)[nH]c2cc(C(=O)NCC3CCCN(C(C)C)C3)ccc2c1=O. The molecule has 2 heterocycles. The van der Waals surface area contributed by atoms with Crippen molar-refractivity contribution in [1.29, 1.82) is 0 Å². The van der Waals surface area contributed by atoms with E-state index in [2.05, 4.69) is 29.0 Å². The van der Waals surface area contributed by atoms with Gasteiger partial charge in [0, 0.05) is 31.2 Å². The molecule has 1 fully saturated rings. The van der Waals surface area contributed by atoms with Crippen molar-refractivity contribution >= 4 is 16.8 Å². The lowest BCUT2D eigenvalue weighted by Crippen LogP contribution is -2.43. The predicted molar refractivity (Wildman–Crippen MR) is 106 cm³/mol. The fourth-order valence-corrected chi connectivity index (χ4v) is 3.75. The van der Waals surface area contributed by atoms with Crippen LogP contribution in [0.25, 0.3) is 10.9 Å². The van der Waals surface area contributed by atoms with Gasteiger partial charge in [-0.3, -0.25) is 14.2 Å². The number of aromatic amines is 1. The van der Waals surface area contributed by atoms with Crippen molar-refractivity contribution < 1.29 is 4.79 Å². The minimum atomic E-state index is -0.455. The quantitative estimate of drug-likeness (QED) is 0.834. The summed E-state index contributed by atoms with van der Waals surface area (Å²) in [6.45, 7) is 9.20. The molecule has 1 aromatic heterocycles. The van der Waals surface area contributed by atoms with E-state index in [9.17, 15) is 14.4 Å². The molecule has 7 nitrogen and oxygen atoms in total. The molecule has 1 aliphatic heterocycles. The largest absolute Gasteiger partial charge is 0.352 e. The molecule has 2 aromatic rings. The van der Waals surface area contributed by atoms with Crippen LogP contribution in [-0.2, 0) is 6.54 Å². The highest BCUT2D eigenvalue weighted by Crippen LogP contribution is 2.18. The number of nitrogens with one attached hydrogen (secondary N) is 2. The van der Waals surface area contributed by atoms with Crippen LogP contribution in [0.1, 0.15) is 44.0 Å². The first-order valence-electron chi connectivity index (χ1n) is 9.69. The summed E-state index contributed by atoms with van der Waals surface area (Å²) in [6, 6.07) is 5.34. The van der Waals surface area contributed by atoms with Gasteiger partial charge in [0.05, 0.1) is 10.9 Å². The van der Waals surface area contributed by atoms with Gasteiger partial charge in [-0.25, -0.2) is 4.79 Å². The van der Waals surface area contributed by atoms with Gasteiger partial charge in [0.1, 0.15) is 0 Å². The molecule has 1 aliphatic rings. The Balaban J connectivity index is 1.72. The molecule has 2 N–H and O–H groups in total. The van der Waals surface area contributed by atoms with Gasteiger partial charge in [-0.2, -0.15) is 0 Å². The summed E-state index contributed by atoms with van der Waals surface area (Å²) in [6.07, 6.45) is 2.27. The van der Waals surface area contributed by atoms with E-state index in [0.717, 1.165) is 30.5 Å². The van der Waals surface area contributed by atoms with Gasteiger partial charge in [-0.1, -0.05) is 0 Å². The number of likely N-dealkylation sites (tertiary alicyclic amines) is 1. The summed E-state index contributed by atoms with van der Waals surface area (Å²) in [7, 11) is 0. The lowest BCUT2D eigenvalue weighted by atomic mass is 9.97. The Morgan fingerprint density at radius 2 is 2.11 bits per heavy atom. The van der Waals surface area contributed by atoms with Crippen LogP contribution in [0.5, 0.6) is 0 Å². The zero-order chi connectivity index (χ0) is 19.6. The minimum absolute atomic E-state index is 0.181. The third kappa shape index (κ3) is 4.13. The molecule has 1 saturated heterocycles. The number of aromatic nitrogens is 2. The van der Waals surface area contributed by atoms with Gasteiger partial charge < -0.3 is 15.2 Å². The Kier molecular flexibility index (Phi) is 5.79. The second-order valence-electron chi connectivity index (χ2n) is 7.55. The second kappa shape index (κ2) is 8.08. The molecular weight excluding hydrogens is 344 g/mol. The number of piperidine rings is 1. The van der Waals surface area contributed by atoms with E-state index in [1.165, 1.54) is 0 Å². The lowest BCUT2D eigenvalue weighted by molar-refractivity contribution is 0.0923. The van der Waals surface area contributed by atoms with Gasteiger partial charge >= 0.3 is 5.69 Å². The van der Waals surface area contributed by atoms with Crippen LogP contribution < -0.4 is 16.6 Å². The third-order valence-electron chi connectivity index (χ3n) is 5.39. The minimum Gasteiger partial charge on any atom is -0.352 e. The topological polar surface area (TPSA) is 87.2 Å². The first-order chi connectivity index (χ1) is 12.9. The summed E-state index contributed by atoms with van der Waals surface area (Å²) in [5, 5.41) is 3.41. The molecule has 0 spiro atoms. The number of rotatable bonds is 5. The van der Waals surface area contributed by atoms with Crippen LogP contribution in [0.2, 0.25) is 0 Å². The van der Waals surface area contributed by atoms with Crippen molar-refractivity contribution in [2.24, 2.45) is 5.92 Å². The number of benzene rings is 1. The van der Waals surface area contributed by atoms with Gasteiger partial charge in [-0.05, 0) is 64.3 Å². The monoisotopic (exact) mass is 372 g/mol. The van der Waals surface area contributed by atoms with Crippen LogP contribution in [0.4, 0.5) is 0 Å². The highest BCUT2D eigenvalue weighted by molar-refractivity contribution is 5.97. The smallest absolute Gasteiger partial charge is 0.328 e. The Morgan fingerprint density at radius 1 is 1.33 bits per heavy atom. The van der Waals surface area contributed by atoms with Gasteiger partial charge in [-0.15, -0.1) is 0 Å². The van der Waals surface area contributed by atoms with Crippen molar-refractivity contribution in [2.45, 2.75) is 46.2 Å². The molecule has 1 atom stereocenters. The number of nitrogens with zero attached hydrogens (tertiary/aromatic N) is 2. The molecule has 0 aliphatic carbocycles. The molecule has 0 saturated carbocycles. The van der Waals surface area contributed by atoms with E-state index in [1.54, 1.807) is 25.1 Å². The molecule has 1 amide bonds. The van der Waals surface area contributed by atoms with E-state index in [-0.39, 0.29) is 11.5 Å². The molecular formula is C20H28N4O3. The van der Waals surface area contributed by atoms with Crippen LogP contribution >= 0.6 is 0 Å². The van der Waals surface area contributed by atoms with Crippen LogP contribution in [0.3, 0.4) is 0 Å². The summed E-state index contributed by atoms with van der Waals surface area (Å²) >= 11 is 0. The number of amides is 1. The van der Waals surface area contributed by atoms with Gasteiger partial charge in [0.2, 0.25) is 0 Å². The van der Waals surface area contributed by atoms with E-state index < -0.39 is 5.69 Å². The summed E-state index contributed by atoms with van der Waals surface area (Å²) in [5.74, 6) is 0.265. The zero-order valence-electron chi connectivity index (χ0n) is 16.2. The van der Waals surface area contributed by atoms with Crippen molar-refractivity contribution in [2.75, 3.05) is 19.6 Å². The van der Waals surface area contributed by atoms with E-state index in [1.807, 2.05) is 0 Å². The molecule has 7 heteroatoms. The van der Waals surface area contributed by atoms with E-state index in [4.69, 9.17) is 0 Å². The van der Waals surface area contributed by atoms with Crippen molar-refractivity contribution in [1.82, 2.24) is 19.8 Å². The zero-order valence-corrected chi connectivity index (χ0v) is 16.2. The highest BCUT2D eigenvalue weighted by atomic mass is 16.2. The first kappa shape index (κ1) is 19.4. The number of carbonyl (C=O) groups excluding carboxylic acids is 1. The van der Waals surface area contributed by atoms with Gasteiger partial charge in [0.25, 0.3) is 11.5 Å². The lowest BCUT2D eigenvalue weighted by Gasteiger charge is -2.35. The fourth-order valence-electron chi connectivity index (χ4n) is 3.75. The van der Waals surface area contributed by atoms with E-state index in [0.29, 0.717) is 41.5 Å². The van der Waals surface area contributed by atoms with Crippen LogP contribution in [-0.4, -0.2) is 46.0 Å². The second-order valence-corrected chi connectivity index (χ2v) is 7.55. The van der Waals surface area contributed by atoms with Crippen molar-refractivity contribution in [3.63, 3.8) is 0 Å². The Labute approximate surface area is 158 Å². The van der Waals surface area contributed by atoms with Crippen molar-refractivity contribution in [3.05, 3.63) is 44.6 Å². The molecule has 0 bridgehead atoms. The standard InChI is InChI=1S/C20H28N4O3/c1-4-24-19(26)16-8-7-15(10-17(16)22-20(24)27)18(25)21-11-14-6-5-9-23(12-14)13(2)3/h7-8,10,13-14H,4-6,9,11-12H2,1-3H3,(H,21,25)(H,22,27). The number of hydrogen-bond acceptors (Lipinski definition) is 4. The number of H-pyrrole nitrogens is 1. The van der Waals surface area contributed by atoms with Crippen molar-refractivity contribution in [3.8, 4) is 0 Å². The maximum atomic E-state index is 12.5. The number of carbonyl (C=O) groups is 1. The molecule has 1 aromatic carbocycles. The molecule has 3 rings (SSSR count). The summed E-state index contributed by atoms with van der Waals surface area (Å²) in [4.78, 5) is 42.0. The Hall–Kier alpha value is -2.41. The fraction of sp³-hybridized carbons (Fsp3) is 0.550. The van der Waals surface area contributed by atoms with E-state index >= 15 is 0 Å². The number of hydrogen-bond donors (Lipinski definition) is 2. The Bertz CT molecular complexity index is 944. The maximum Gasteiger partial charge on any atom is 0.328 e. The molecule has 1 unspecified atom stereocenters. The third-order valence-corrected chi connectivity index (χ3v) is 5.39. The highest BCUT2D eigenvalue weighted by Gasteiger charge is 2.22. The average molecular weight is 372 g/mol. The average Bonchev–Trinajstić information content (AvgIpc) is 2.66. The predicted octanol–water partition coefficient (Wildman–Crippen LogP) is 1.56. The van der Waals surface area contributed by atoms with Crippen LogP contribution in [0, 0.1) is 5.92 Å². The summed E-state index contributed by atoms with van der Waals surface area (Å²) in [5.41, 5.74) is 0.0528. The number of fused-ring (bicyclic) bond motifs is 1. The normalized spacial score (nSPS) is 18.1. The Morgan fingerprint density at radius 3 is 2.81 bits per heavy atom. The van der Waals surface area contributed by atoms with Gasteiger partial charge in [0.15, 0.2) is 0 Å².